The fraction of sp³-hybridized carbons (Fsp3) is 0.625. The van der Waals surface area contributed by atoms with Crippen LogP contribution in [0.25, 0.3) is 0 Å². The van der Waals surface area contributed by atoms with Crippen LogP contribution in [0.2, 0.25) is 0 Å². The third kappa shape index (κ3) is 3.14. The van der Waals surface area contributed by atoms with Gasteiger partial charge in [0.15, 0.2) is 0 Å². The van der Waals surface area contributed by atoms with E-state index < -0.39 is 6.17 Å². The predicted octanol–water partition coefficient (Wildman–Crippen LogP) is 2.69. The van der Waals surface area contributed by atoms with Crippen molar-refractivity contribution >= 4 is 0 Å². The molecule has 1 aromatic rings. The highest BCUT2D eigenvalue weighted by molar-refractivity contribution is 5.49. The Hall–Kier alpha value is -1.33. The van der Waals surface area contributed by atoms with Crippen LogP contribution in [0.5, 0.6) is 11.5 Å². The molecule has 2 N–H and O–H groups in total. The van der Waals surface area contributed by atoms with E-state index in [2.05, 4.69) is 11.9 Å². The molecule has 3 unspecified atom stereocenters. The third-order valence-corrected chi connectivity index (χ3v) is 4.34. The van der Waals surface area contributed by atoms with Crippen LogP contribution in [-0.4, -0.2) is 39.3 Å². The van der Waals surface area contributed by atoms with Gasteiger partial charge in [-0.3, -0.25) is 4.90 Å². The summed E-state index contributed by atoms with van der Waals surface area (Å²) in [5, 5.41) is 0. The Bertz CT molecular complexity index is 493. The molecule has 0 spiro atoms. The van der Waals surface area contributed by atoms with Crippen LogP contribution in [0, 0.1) is 5.92 Å². The average molecular weight is 296 g/mol. The average Bonchev–Trinajstić information content (AvgIpc) is 2.86. The van der Waals surface area contributed by atoms with Crippen molar-refractivity contribution in [1.82, 2.24) is 4.90 Å². The summed E-state index contributed by atoms with van der Waals surface area (Å²) in [6, 6.07) is 3.89. The molecule has 0 saturated carbocycles. The lowest BCUT2D eigenvalue weighted by Crippen LogP contribution is -2.21. The SMILES string of the molecule is COc1cc(C2CC(CN)CN2C)c(OC)cc1C(C)F. The Morgan fingerprint density at radius 3 is 2.48 bits per heavy atom. The summed E-state index contributed by atoms with van der Waals surface area (Å²) in [4.78, 5) is 2.27. The number of methoxy groups -OCH3 is 2. The van der Waals surface area contributed by atoms with Crippen molar-refractivity contribution in [3.8, 4) is 11.5 Å². The number of hydrogen-bond donors (Lipinski definition) is 1. The quantitative estimate of drug-likeness (QED) is 0.907. The summed E-state index contributed by atoms with van der Waals surface area (Å²) in [7, 11) is 5.27. The van der Waals surface area contributed by atoms with Gasteiger partial charge in [-0.15, -0.1) is 0 Å². The Labute approximate surface area is 126 Å². The highest BCUT2D eigenvalue weighted by atomic mass is 19.1. The van der Waals surface area contributed by atoms with E-state index >= 15 is 0 Å². The van der Waals surface area contributed by atoms with Crippen LogP contribution >= 0.6 is 0 Å². The van der Waals surface area contributed by atoms with E-state index in [9.17, 15) is 4.39 Å². The zero-order valence-corrected chi connectivity index (χ0v) is 13.2. The van der Waals surface area contributed by atoms with Crippen LogP contribution in [0.15, 0.2) is 12.1 Å². The number of hydrogen-bond acceptors (Lipinski definition) is 4. The van der Waals surface area contributed by atoms with Gasteiger partial charge in [-0.25, -0.2) is 4.39 Å². The minimum atomic E-state index is -1.10. The molecular weight excluding hydrogens is 271 g/mol. The lowest BCUT2D eigenvalue weighted by atomic mass is 9.96. The largest absolute Gasteiger partial charge is 0.496 e. The van der Waals surface area contributed by atoms with E-state index in [1.807, 2.05) is 6.07 Å². The Morgan fingerprint density at radius 2 is 2.00 bits per heavy atom. The maximum absolute atomic E-state index is 13.7. The standard InChI is InChI=1S/C16H25FN2O2/c1-10(17)12-6-16(21-4)13(7-15(12)20-3)14-5-11(8-18)9-19(14)2/h6-7,10-11,14H,5,8-9,18H2,1-4H3. The minimum absolute atomic E-state index is 0.228. The summed E-state index contributed by atoms with van der Waals surface area (Å²) < 4.78 is 24.6. The van der Waals surface area contributed by atoms with Crippen molar-refractivity contribution in [1.29, 1.82) is 0 Å². The molecule has 1 saturated heterocycles. The van der Waals surface area contributed by atoms with Gasteiger partial charge in [-0.05, 0) is 45.0 Å². The molecule has 1 aliphatic rings. The van der Waals surface area contributed by atoms with Gasteiger partial charge in [0, 0.05) is 23.7 Å². The van der Waals surface area contributed by atoms with Crippen molar-refractivity contribution in [2.45, 2.75) is 25.6 Å². The summed E-state index contributed by atoms with van der Waals surface area (Å²) in [6.07, 6.45) is -0.113. The third-order valence-electron chi connectivity index (χ3n) is 4.34. The van der Waals surface area contributed by atoms with Gasteiger partial charge in [-0.2, -0.15) is 0 Å². The van der Waals surface area contributed by atoms with E-state index in [-0.39, 0.29) is 6.04 Å². The van der Waals surface area contributed by atoms with Crippen LogP contribution in [0.3, 0.4) is 0 Å². The van der Waals surface area contributed by atoms with Crippen molar-refractivity contribution in [3.63, 3.8) is 0 Å². The van der Waals surface area contributed by atoms with Gasteiger partial charge >= 0.3 is 0 Å². The van der Waals surface area contributed by atoms with Crippen LogP contribution in [0.1, 0.15) is 36.7 Å². The molecule has 118 valence electrons. The maximum atomic E-state index is 13.7. The van der Waals surface area contributed by atoms with Crippen LogP contribution in [-0.2, 0) is 0 Å². The Balaban J connectivity index is 2.43. The molecule has 4 nitrogen and oxygen atoms in total. The second-order valence-corrected chi connectivity index (χ2v) is 5.74. The van der Waals surface area contributed by atoms with Crippen molar-refractivity contribution < 1.29 is 13.9 Å². The molecule has 1 fully saturated rings. The fourth-order valence-corrected chi connectivity index (χ4v) is 3.16. The molecule has 0 aromatic heterocycles. The first kappa shape index (κ1) is 16.0. The summed E-state index contributed by atoms with van der Waals surface area (Å²) in [6.45, 7) is 3.15. The number of nitrogens with two attached hydrogens (primary N) is 1. The summed E-state index contributed by atoms with van der Waals surface area (Å²) in [5.74, 6) is 1.77. The van der Waals surface area contributed by atoms with Gasteiger partial charge in [0.2, 0.25) is 0 Å². The fourth-order valence-electron chi connectivity index (χ4n) is 3.16. The van der Waals surface area contributed by atoms with Gasteiger partial charge in [0.25, 0.3) is 0 Å². The molecule has 1 aromatic carbocycles. The highest BCUT2D eigenvalue weighted by Crippen LogP contribution is 2.42. The maximum Gasteiger partial charge on any atom is 0.126 e. The normalized spacial score (nSPS) is 24.1. The van der Waals surface area contributed by atoms with E-state index in [4.69, 9.17) is 15.2 Å². The number of alkyl halides is 1. The van der Waals surface area contributed by atoms with Crippen LogP contribution in [0.4, 0.5) is 4.39 Å². The molecule has 21 heavy (non-hydrogen) atoms. The number of ether oxygens (including phenoxy) is 2. The second-order valence-electron chi connectivity index (χ2n) is 5.74. The lowest BCUT2D eigenvalue weighted by Gasteiger charge is -2.24. The Kier molecular flexibility index (Phi) is 5.06. The molecule has 2 rings (SSSR count). The topological polar surface area (TPSA) is 47.7 Å². The van der Waals surface area contributed by atoms with Crippen molar-refractivity contribution in [2.24, 2.45) is 11.7 Å². The second kappa shape index (κ2) is 6.62. The van der Waals surface area contributed by atoms with Gasteiger partial charge in [0.05, 0.1) is 14.2 Å². The highest BCUT2D eigenvalue weighted by Gasteiger charge is 2.32. The van der Waals surface area contributed by atoms with E-state index in [1.165, 1.54) is 6.92 Å². The van der Waals surface area contributed by atoms with Crippen molar-refractivity contribution in [3.05, 3.63) is 23.3 Å². The smallest absolute Gasteiger partial charge is 0.126 e. The molecule has 1 aliphatic heterocycles. The van der Waals surface area contributed by atoms with E-state index in [1.54, 1.807) is 20.3 Å². The summed E-state index contributed by atoms with van der Waals surface area (Å²) in [5.41, 5.74) is 7.36. The summed E-state index contributed by atoms with van der Waals surface area (Å²) >= 11 is 0. The first-order valence-corrected chi connectivity index (χ1v) is 7.32. The van der Waals surface area contributed by atoms with E-state index in [0.717, 1.165) is 18.5 Å². The zero-order chi connectivity index (χ0) is 15.6. The predicted molar refractivity (Wildman–Crippen MR) is 81.6 cm³/mol. The molecule has 0 aliphatic carbocycles. The van der Waals surface area contributed by atoms with E-state index in [0.29, 0.717) is 29.5 Å². The number of rotatable bonds is 5. The van der Waals surface area contributed by atoms with Crippen molar-refractivity contribution in [2.75, 3.05) is 34.4 Å². The number of benzene rings is 1. The van der Waals surface area contributed by atoms with Crippen LogP contribution < -0.4 is 15.2 Å². The first-order chi connectivity index (χ1) is 10.0. The number of halogens is 1. The molecule has 0 radical (unpaired) electrons. The zero-order valence-electron chi connectivity index (χ0n) is 13.2. The van der Waals surface area contributed by atoms with Gasteiger partial charge < -0.3 is 15.2 Å². The lowest BCUT2D eigenvalue weighted by molar-refractivity contribution is 0.299. The molecule has 0 amide bonds. The molecule has 3 atom stereocenters. The van der Waals surface area contributed by atoms with Gasteiger partial charge in [0.1, 0.15) is 17.7 Å². The Morgan fingerprint density at radius 1 is 1.33 bits per heavy atom. The van der Waals surface area contributed by atoms with Gasteiger partial charge in [-0.1, -0.05) is 0 Å². The molecule has 5 heteroatoms. The minimum Gasteiger partial charge on any atom is -0.496 e. The monoisotopic (exact) mass is 296 g/mol. The molecule has 1 heterocycles. The first-order valence-electron chi connectivity index (χ1n) is 7.32. The number of likely N-dealkylation sites (tertiary alicyclic amines) is 1. The molecular formula is C16H25FN2O2. The molecule has 0 bridgehead atoms. The number of nitrogens with zero attached hydrogens (tertiary/aromatic N) is 1.